The Kier molecular flexibility index (Phi) is 2.61. The SMILES string of the molecule is Cn1cnc2c1c(NCCO)nc(=O)n2C. The first-order valence-corrected chi connectivity index (χ1v) is 4.88. The molecule has 2 aromatic heterocycles. The van der Waals surface area contributed by atoms with Gasteiger partial charge in [0.15, 0.2) is 11.5 Å². The lowest BCUT2D eigenvalue weighted by atomic mass is 10.4. The number of nitrogens with one attached hydrogen (secondary N) is 1. The molecule has 2 rings (SSSR count). The van der Waals surface area contributed by atoms with Gasteiger partial charge in [-0.1, -0.05) is 0 Å². The number of rotatable bonds is 3. The smallest absolute Gasteiger partial charge is 0.351 e. The molecule has 0 unspecified atom stereocenters. The molecular weight excluding hydrogens is 210 g/mol. The van der Waals surface area contributed by atoms with E-state index in [0.29, 0.717) is 18.0 Å². The van der Waals surface area contributed by atoms with Crippen LogP contribution >= 0.6 is 0 Å². The summed E-state index contributed by atoms with van der Waals surface area (Å²) in [5.41, 5.74) is 0.949. The zero-order valence-corrected chi connectivity index (χ0v) is 9.14. The minimum atomic E-state index is -0.369. The van der Waals surface area contributed by atoms with Crippen molar-refractivity contribution in [3.8, 4) is 0 Å². The number of nitrogens with zero attached hydrogens (tertiary/aromatic N) is 4. The summed E-state index contributed by atoms with van der Waals surface area (Å²) in [4.78, 5) is 19.6. The van der Waals surface area contributed by atoms with Crippen molar-refractivity contribution in [1.82, 2.24) is 19.1 Å². The number of aliphatic hydroxyl groups is 1. The molecule has 2 aromatic rings. The molecule has 0 saturated heterocycles. The van der Waals surface area contributed by atoms with E-state index >= 15 is 0 Å². The standard InChI is InChI=1S/C9H13N5O2/c1-13-5-11-8-6(13)7(10-3-4-15)12-9(16)14(8)2/h5,15H,3-4H2,1-2H3,(H,10,12,16). The molecule has 0 aliphatic carbocycles. The summed E-state index contributed by atoms with van der Waals surface area (Å²) in [6, 6.07) is 0. The molecule has 0 saturated carbocycles. The molecule has 0 aromatic carbocycles. The normalized spacial score (nSPS) is 10.9. The van der Waals surface area contributed by atoms with Crippen molar-refractivity contribution in [2.45, 2.75) is 0 Å². The minimum Gasteiger partial charge on any atom is -0.395 e. The van der Waals surface area contributed by atoms with Gasteiger partial charge in [-0.3, -0.25) is 4.57 Å². The molecule has 0 bridgehead atoms. The second-order valence-corrected chi connectivity index (χ2v) is 3.48. The van der Waals surface area contributed by atoms with Crippen LogP contribution in [0.4, 0.5) is 5.82 Å². The van der Waals surface area contributed by atoms with E-state index in [-0.39, 0.29) is 12.3 Å². The molecule has 7 heteroatoms. The molecule has 2 heterocycles. The Morgan fingerprint density at radius 1 is 1.50 bits per heavy atom. The summed E-state index contributed by atoms with van der Waals surface area (Å²) in [5.74, 6) is 0.451. The van der Waals surface area contributed by atoms with Crippen LogP contribution in [0.15, 0.2) is 11.1 Å². The molecule has 0 spiro atoms. The third-order valence-corrected chi connectivity index (χ3v) is 2.36. The van der Waals surface area contributed by atoms with Gasteiger partial charge in [0.05, 0.1) is 12.9 Å². The average molecular weight is 223 g/mol. The molecule has 7 nitrogen and oxygen atoms in total. The Bertz CT molecular complexity index is 571. The van der Waals surface area contributed by atoms with Gasteiger partial charge < -0.3 is 15.0 Å². The second-order valence-electron chi connectivity index (χ2n) is 3.48. The molecule has 16 heavy (non-hydrogen) atoms. The zero-order chi connectivity index (χ0) is 11.7. The second kappa shape index (κ2) is 3.93. The van der Waals surface area contributed by atoms with E-state index in [1.807, 2.05) is 7.05 Å². The number of fused-ring (bicyclic) bond motifs is 1. The third kappa shape index (κ3) is 1.54. The highest BCUT2D eigenvalue weighted by Crippen LogP contribution is 2.16. The molecule has 0 amide bonds. The molecule has 0 radical (unpaired) electrons. The summed E-state index contributed by atoms with van der Waals surface area (Å²) in [7, 11) is 3.45. The van der Waals surface area contributed by atoms with Gasteiger partial charge in [-0.05, 0) is 0 Å². The maximum atomic E-state index is 11.5. The zero-order valence-electron chi connectivity index (χ0n) is 9.14. The number of hydrogen-bond donors (Lipinski definition) is 2. The fourth-order valence-electron chi connectivity index (χ4n) is 1.55. The highest BCUT2D eigenvalue weighted by Gasteiger charge is 2.11. The maximum absolute atomic E-state index is 11.5. The number of hydrogen-bond acceptors (Lipinski definition) is 5. The van der Waals surface area contributed by atoms with E-state index in [4.69, 9.17) is 5.11 Å². The molecule has 0 atom stereocenters. The van der Waals surface area contributed by atoms with Crippen molar-refractivity contribution in [2.24, 2.45) is 14.1 Å². The van der Waals surface area contributed by atoms with Gasteiger partial charge in [-0.2, -0.15) is 4.98 Å². The Morgan fingerprint density at radius 3 is 2.94 bits per heavy atom. The first kappa shape index (κ1) is 10.6. The van der Waals surface area contributed by atoms with Crippen LogP contribution < -0.4 is 11.0 Å². The first-order valence-electron chi connectivity index (χ1n) is 4.88. The number of aryl methyl sites for hydroxylation is 2. The minimum absolute atomic E-state index is 0.0176. The number of aromatic nitrogens is 4. The number of imidazole rings is 1. The van der Waals surface area contributed by atoms with E-state index in [1.165, 1.54) is 4.57 Å². The van der Waals surface area contributed by atoms with Crippen molar-refractivity contribution in [2.75, 3.05) is 18.5 Å². The van der Waals surface area contributed by atoms with Gasteiger partial charge in [0.2, 0.25) is 0 Å². The van der Waals surface area contributed by atoms with Gasteiger partial charge in [0, 0.05) is 20.6 Å². The van der Waals surface area contributed by atoms with Gasteiger partial charge in [0.1, 0.15) is 5.52 Å². The average Bonchev–Trinajstić information content (AvgIpc) is 2.64. The van der Waals surface area contributed by atoms with Crippen LogP contribution in [0.25, 0.3) is 11.2 Å². The quantitative estimate of drug-likeness (QED) is 0.702. The van der Waals surface area contributed by atoms with Crippen molar-refractivity contribution < 1.29 is 5.11 Å². The van der Waals surface area contributed by atoms with Crippen molar-refractivity contribution >= 4 is 17.0 Å². The van der Waals surface area contributed by atoms with Gasteiger partial charge in [-0.15, -0.1) is 0 Å². The largest absolute Gasteiger partial charge is 0.395 e. The summed E-state index contributed by atoms with van der Waals surface area (Å²) in [6.07, 6.45) is 1.62. The van der Waals surface area contributed by atoms with Crippen molar-refractivity contribution in [1.29, 1.82) is 0 Å². The lowest BCUT2D eigenvalue weighted by Crippen LogP contribution is -2.23. The van der Waals surface area contributed by atoms with Crippen molar-refractivity contribution in [3.05, 3.63) is 16.8 Å². The topological polar surface area (TPSA) is 85.0 Å². The van der Waals surface area contributed by atoms with E-state index in [1.54, 1.807) is 17.9 Å². The molecule has 0 fully saturated rings. The highest BCUT2D eigenvalue weighted by molar-refractivity contribution is 5.83. The maximum Gasteiger partial charge on any atom is 0.351 e. The highest BCUT2D eigenvalue weighted by atomic mass is 16.3. The molecule has 0 aliphatic heterocycles. The summed E-state index contributed by atoms with van der Waals surface area (Å²) < 4.78 is 3.17. The molecular formula is C9H13N5O2. The lowest BCUT2D eigenvalue weighted by molar-refractivity contribution is 0.311. The fraction of sp³-hybridized carbons (Fsp3) is 0.444. The first-order chi connectivity index (χ1) is 7.65. The Hall–Kier alpha value is -1.89. The van der Waals surface area contributed by atoms with E-state index in [2.05, 4.69) is 15.3 Å². The summed E-state index contributed by atoms with van der Waals surface area (Å²) in [6.45, 7) is 0.330. The fourth-order valence-corrected chi connectivity index (χ4v) is 1.55. The van der Waals surface area contributed by atoms with Crippen LogP contribution in [-0.4, -0.2) is 37.4 Å². The molecule has 86 valence electrons. The Balaban J connectivity index is 2.67. The van der Waals surface area contributed by atoms with Crippen LogP contribution in [0.3, 0.4) is 0 Å². The van der Waals surface area contributed by atoms with E-state index in [0.717, 1.165) is 5.52 Å². The predicted molar refractivity (Wildman–Crippen MR) is 59.3 cm³/mol. The van der Waals surface area contributed by atoms with Crippen LogP contribution in [0, 0.1) is 0 Å². The van der Waals surface area contributed by atoms with E-state index < -0.39 is 0 Å². The number of anilines is 1. The number of aliphatic hydroxyl groups excluding tert-OH is 1. The van der Waals surface area contributed by atoms with Crippen LogP contribution in [0.1, 0.15) is 0 Å². The monoisotopic (exact) mass is 223 g/mol. The lowest BCUT2D eigenvalue weighted by Gasteiger charge is -2.07. The third-order valence-electron chi connectivity index (χ3n) is 2.36. The summed E-state index contributed by atoms with van der Waals surface area (Å²) in [5, 5.41) is 11.6. The predicted octanol–water partition coefficient (Wildman–Crippen LogP) is -0.929. The molecule has 0 aliphatic rings. The Labute approximate surface area is 91.4 Å². The van der Waals surface area contributed by atoms with Crippen LogP contribution in [-0.2, 0) is 14.1 Å². The molecule has 2 N–H and O–H groups in total. The van der Waals surface area contributed by atoms with Gasteiger partial charge >= 0.3 is 5.69 Å². The van der Waals surface area contributed by atoms with Crippen molar-refractivity contribution in [3.63, 3.8) is 0 Å². The van der Waals surface area contributed by atoms with Gasteiger partial charge in [-0.25, -0.2) is 9.78 Å². The Morgan fingerprint density at radius 2 is 2.25 bits per heavy atom. The van der Waals surface area contributed by atoms with Gasteiger partial charge in [0.25, 0.3) is 0 Å². The summed E-state index contributed by atoms with van der Waals surface area (Å²) >= 11 is 0. The van der Waals surface area contributed by atoms with Crippen LogP contribution in [0.2, 0.25) is 0 Å². The van der Waals surface area contributed by atoms with E-state index in [9.17, 15) is 4.79 Å². The van der Waals surface area contributed by atoms with Crippen LogP contribution in [0.5, 0.6) is 0 Å².